The molecule has 0 spiro atoms. The first-order valence-electron chi connectivity index (χ1n) is 9.76. The van der Waals surface area contributed by atoms with Crippen molar-refractivity contribution in [3.63, 3.8) is 0 Å². The molecule has 6 nitrogen and oxygen atoms in total. The molecule has 1 aliphatic rings. The number of nitrogens with one attached hydrogen (secondary N) is 1. The molecule has 2 aromatic carbocycles. The van der Waals surface area contributed by atoms with Crippen LogP contribution in [-0.4, -0.2) is 29.1 Å². The number of carbonyl (C=O) groups is 1. The van der Waals surface area contributed by atoms with Gasteiger partial charge in [-0.1, -0.05) is 34.5 Å². The van der Waals surface area contributed by atoms with Gasteiger partial charge in [0.2, 0.25) is 17.6 Å². The predicted octanol–water partition coefficient (Wildman–Crippen LogP) is 4.23. The number of carbonyl (C=O) groups excluding carboxylic acids is 1. The van der Waals surface area contributed by atoms with E-state index in [0.29, 0.717) is 16.7 Å². The van der Waals surface area contributed by atoms with Crippen molar-refractivity contribution in [3.05, 3.63) is 65.0 Å². The summed E-state index contributed by atoms with van der Waals surface area (Å²) in [7, 11) is 0. The van der Waals surface area contributed by atoms with Gasteiger partial charge in [0, 0.05) is 29.4 Å². The summed E-state index contributed by atoms with van der Waals surface area (Å²) >= 11 is 5.90. The summed E-state index contributed by atoms with van der Waals surface area (Å²) < 4.78 is 5.27. The Kier molecular flexibility index (Phi) is 5.81. The molecule has 1 atom stereocenters. The van der Waals surface area contributed by atoms with E-state index in [4.69, 9.17) is 16.1 Å². The molecule has 3 aromatic rings. The topological polar surface area (TPSA) is 71.3 Å². The molecule has 1 N–H and O–H groups in total. The monoisotopic (exact) mass is 410 g/mol. The molecule has 0 bridgehead atoms. The zero-order valence-electron chi connectivity index (χ0n) is 16.3. The van der Waals surface area contributed by atoms with E-state index >= 15 is 0 Å². The van der Waals surface area contributed by atoms with Crippen LogP contribution in [0.4, 0.5) is 5.69 Å². The van der Waals surface area contributed by atoms with E-state index in [0.717, 1.165) is 37.2 Å². The van der Waals surface area contributed by atoms with Crippen molar-refractivity contribution in [1.82, 2.24) is 15.5 Å². The summed E-state index contributed by atoms with van der Waals surface area (Å²) in [6.45, 7) is 3.99. The Bertz CT molecular complexity index is 969. The number of amides is 1. The number of halogens is 1. The third kappa shape index (κ3) is 4.77. The van der Waals surface area contributed by atoms with Crippen LogP contribution in [0.15, 0.2) is 53.1 Å². The molecule has 150 valence electrons. The van der Waals surface area contributed by atoms with Gasteiger partial charge >= 0.3 is 0 Å². The van der Waals surface area contributed by atoms with Crippen LogP contribution in [0.5, 0.6) is 0 Å². The number of benzene rings is 2. The quantitative estimate of drug-likeness (QED) is 0.681. The fourth-order valence-electron chi connectivity index (χ4n) is 3.53. The van der Waals surface area contributed by atoms with Crippen molar-refractivity contribution in [2.75, 3.05) is 18.0 Å². The van der Waals surface area contributed by atoms with Crippen molar-refractivity contribution in [3.8, 4) is 11.4 Å². The Morgan fingerprint density at radius 3 is 2.72 bits per heavy atom. The second-order valence-corrected chi connectivity index (χ2v) is 7.79. The summed E-state index contributed by atoms with van der Waals surface area (Å²) in [6.07, 6.45) is 1.88. The number of piperidine rings is 1. The lowest BCUT2D eigenvalue weighted by Crippen LogP contribution is -2.43. The number of aryl methyl sites for hydroxylation is 1. The highest BCUT2D eigenvalue weighted by Gasteiger charge is 2.26. The highest BCUT2D eigenvalue weighted by Crippen LogP contribution is 2.24. The SMILES string of the molecule is Cc1ccc(N2CCC[C@H](C(=O)NCc3nc(-c4ccc(Cl)cc4)no3)C2)cc1. The van der Waals surface area contributed by atoms with E-state index in [1.165, 1.54) is 5.56 Å². The molecule has 2 heterocycles. The standard InChI is InChI=1S/C22H23ClN4O2/c1-15-4-10-19(11-5-15)27-12-2-3-17(14-27)22(28)24-13-20-25-21(26-29-20)16-6-8-18(23)9-7-16/h4-11,17H,2-3,12-14H2,1H3,(H,24,28)/t17-/m0/s1. The molecule has 1 fully saturated rings. The van der Waals surface area contributed by atoms with Crippen molar-refractivity contribution < 1.29 is 9.32 Å². The first kappa shape index (κ1) is 19.5. The molecule has 0 radical (unpaired) electrons. The van der Waals surface area contributed by atoms with Crippen LogP contribution in [0.3, 0.4) is 0 Å². The molecule has 29 heavy (non-hydrogen) atoms. The van der Waals surface area contributed by atoms with Gasteiger partial charge in [-0.3, -0.25) is 4.79 Å². The average molecular weight is 411 g/mol. The second kappa shape index (κ2) is 8.66. The lowest BCUT2D eigenvalue weighted by molar-refractivity contribution is -0.125. The molecular weight excluding hydrogens is 388 g/mol. The number of hydrogen-bond acceptors (Lipinski definition) is 5. The number of hydrogen-bond donors (Lipinski definition) is 1. The molecule has 0 aliphatic carbocycles. The molecular formula is C22H23ClN4O2. The molecule has 7 heteroatoms. The van der Waals surface area contributed by atoms with E-state index in [-0.39, 0.29) is 18.4 Å². The fourth-order valence-corrected chi connectivity index (χ4v) is 3.66. The molecule has 1 aromatic heterocycles. The molecule has 1 saturated heterocycles. The van der Waals surface area contributed by atoms with E-state index in [1.54, 1.807) is 12.1 Å². The Morgan fingerprint density at radius 2 is 1.97 bits per heavy atom. The molecule has 1 aliphatic heterocycles. The average Bonchev–Trinajstić information content (AvgIpc) is 3.22. The summed E-state index contributed by atoms with van der Waals surface area (Å²) in [5, 5.41) is 7.57. The molecule has 0 saturated carbocycles. The minimum absolute atomic E-state index is 0.0213. The second-order valence-electron chi connectivity index (χ2n) is 7.36. The lowest BCUT2D eigenvalue weighted by atomic mass is 9.96. The van der Waals surface area contributed by atoms with Crippen molar-refractivity contribution in [2.24, 2.45) is 5.92 Å². The highest BCUT2D eigenvalue weighted by molar-refractivity contribution is 6.30. The third-order valence-electron chi connectivity index (χ3n) is 5.18. The normalized spacial score (nSPS) is 16.6. The van der Waals surface area contributed by atoms with Gasteiger partial charge in [-0.2, -0.15) is 4.98 Å². The molecule has 0 unspecified atom stereocenters. The Morgan fingerprint density at radius 1 is 1.21 bits per heavy atom. The van der Waals surface area contributed by atoms with Gasteiger partial charge in [-0.25, -0.2) is 0 Å². The van der Waals surface area contributed by atoms with Gasteiger partial charge in [-0.15, -0.1) is 0 Å². The van der Waals surface area contributed by atoms with E-state index in [9.17, 15) is 4.79 Å². The minimum Gasteiger partial charge on any atom is -0.371 e. The van der Waals surface area contributed by atoms with Crippen LogP contribution >= 0.6 is 11.6 Å². The summed E-state index contributed by atoms with van der Waals surface area (Å²) in [5.74, 6) is 0.834. The zero-order valence-corrected chi connectivity index (χ0v) is 17.0. The summed E-state index contributed by atoms with van der Waals surface area (Å²) in [4.78, 5) is 19.3. The smallest absolute Gasteiger partial charge is 0.246 e. The van der Waals surface area contributed by atoms with Gasteiger partial charge in [0.1, 0.15) is 0 Å². The fraction of sp³-hybridized carbons (Fsp3) is 0.318. The zero-order chi connectivity index (χ0) is 20.2. The Hall–Kier alpha value is -2.86. The van der Waals surface area contributed by atoms with Crippen molar-refractivity contribution >= 4 is 23.2 Å². The van der Waals surface area contributed by atoms with E-state index in [2.05, 4.69) is 51.5 Å². The third-order valence-corrected chi connectivity index (χ3v) is 5.43. The first-order chi connectivity index (χ1) is 14.1. The number of rotatable bonds is 5. The van der Waals surface area contributed by atoms with Crippen molar-refractivity contribution in [2.45, 2.75) is 26.3 Å². The maximum atomic E-state index is 12.7. The number of aromatic nitrogens is 2. The van der Waals surface area contributed by atoms with Gasteiger partial charge in [0.05, 0.1) is 12.5 Å². The lowest BCUT2D eigenvalue weighted by Gasteiger charge is -2.33. The van der Waals surface area contributed by atoms with E-state index < -0.39 is 0 Å². The molecule has 1 amide bonds. The Labute approximate surface area is 174 Å². The van der Waals surface area contributed by atoms with Crippen LogP contribution in [0.2, 0.25) is 5.02 Å². The maximum absolute atomic E-state index is 12.7. The summed E-state index contributed by atoms with van der Waals surface area (Å²) in [6, 6.07) is 15.7. The summed E-state index contributed by atoms with van der Waals surface area (Å²) in [5.41, 5.74) is 3.21. The van der Waals surface area contributed by atoms with Crippen molar-refractivity contribution in [1.29, 1.82) is 0 Å². The van der Waals surface area contributed by atoms with Gasteiger partial charge in [0.25, 0.3) is 0 Å². The maximum Gasteiger partial charge on any atom is 0.246 e. The Balaban J connectivity index is 1.33. The van der Waals surface area contributed by atoms with Crippen LogP contribution < -0.4 is 10.2 Å². The predicted molar refractivity (Wildman–Crippen MR) is 113 cm³/mol. The van der Waals surface area contributed by atoms with Crippen LogP contribution in [-0.2, 0) is 11.3 Å². The largest absolute Gasteiger partial charge is 0.371 e. The number of anilines is 1. The van der Waals surface area contributed by atoms with Crippen LogP contribution in [0.1, 0.15) is 24.3 Å². The van der Waals surface area contributed by atoms with Gasteiger partial charge in [0.15, 0.2) is 0 Å². The van der Waals surface area contributed by atoms with E-state index in [1.807, 2.05) is 12.1 Å². The molecule has 4 rings (SSSR count). The van der Waals surface area contributed by atoms with Crippen LogP contribution in [0, 0.1) is 12.8 Å². The first-order valence-corrected chi connectivity index (χ1v) is 10.1. The number of nitrogens with zero attached hydrogens (tertiary/aromatic N) is 3. The van der Waals surface area contributed by atoms with Gasteiger partial charge in [-0.05, 0) is 56.2 Å². The highest BCUT2D eigenvalue weighted by atomic mass is 35.5. The van der Waals surface area contributed by atoms with Crippen LogP contribution in [0.25, 0.3) is 11.4 Å². The van der Waals surface area contributed by atoms with Gasteiger partial charge < -0.3 is 14.7 Å². The minimum atomic E-state index is -0.0521.